The molecule has 3 atom stereocenters. The van der Waals surface area contributed by atoms with Crippen LogP contribution in [0.15, 0.2) is 30.6 Å². The third-order valence-corrected chi connectivity index (χ3v) is 12.8. The zero-order valence-corrected chi connectivity index (χ0v) is 34.2. The Bertz CT molecular complexity index is 1660. The van der Waals surface area contributed by atoms with E-state index in [0.717, 1.165) is 66.1 Å². The van der Waals surface area contributed by atoms with E-state index in [1.54, 1.807) is 6.20 Å². The molecule has 5 rings (SSSR count). The van der Waals surface area contributed by atoms with Gasteiger partial charge in [0.2, 0.25) is 0 Å². The number of rotatable bonds is 13. The monoisotopic (exact) mass is 734 g/mol. The van der Waals surface area contributed by atoms with Crippen molar-refractivity contribution in [2.24, 2.45) is 0 Å². The van der Waals surface area contributed by atoms with E-state index in [9.17, 15) is 4.79 Å². The van der Waals surface area contributed by atoms with Crippen molar-refractivity contribution in [1.29, 1.82) is 0 Å². The minimum absolute atomic E-state index is 0.108. The molecule has 1 amide bonds. The third kappa shape index (κ3) is 10.6. The van der Waals surface area contributed by atoms with Crippen LogP contribution in [0, 0.1) is 11.8 Å². The molecular formula is C38H58N6O5Si2. The molecule has 3 aromatic rings. The molecule has 2 aliphatic rings. The van der Waals surface area contributed by atoms with E-state index >= 15 is 0 Å². The van der Waals surface area contributed by atoms with E-state index in [4.69, 9.17) is 29.4 Å². The number of aliphatic hydroxyl groups excluding tert-OH is 1. The molecule has 13 heteroatoms. The summed E-state index contributed by atoms with van der Waals surface area (Å²) in [6, 6.07) is 8.34. The Balaban J connectivity index is 1.52. The van der Waals surface area contributed by atoms with Gasteiger partial charge in [0.25, 0.3) is 0 Å². The van der Waals surface area contributed by atoms with Gasteiger partial charge in [-0.3, -0.25) is 0 Å². The molecule has 2 aliphatic heterocycles. The van der Waals surface area contributed by atoms with E-state index in [0.29, 0.717) is 32.4 Å². The van der Waals surface area contributed by atoms with Gasteiger partial charge in [-0.05, 0) is 76.6 Å². The van der Waals surface area contributed by atoms with E-state index < -0.39 is 21.7 Å². The lowest BCUT2D eigenvalue weighted by molar-refractivity contribution is 0.00568. The number of piperidine rings is 1. The summed E-state index contributed by atoms with van der Waals surface area (Å²) in [5, 5.41) is 14.0. The predicted molar refractivity (Wildman–Crippen MR) is 207 cm³/mol. The predicted octanol–water partition coefficient (Wildman–Crippen LogP) is 7.21. The first-order valence-electron chi connectivity index (χ1n) is 18.4. The fourth-order valence-corrected chi connectivity index (χ4v) is 8.18. The van der Waals surface area contributed by atoms with Crippen molar-refractivity contribution in [2.45, 2.75) is 121 Å². The number of nitrogens with zero attached hydrogens (tertiary/aromatic N) is 6. The Labute approximate surface area is 306 Å². The smallest absolute Gasteiger partial charge is 0.410 e. The lowest BCUT2D eigenvalue weighted by atomic mass is 9.88. The van der Waals surface area contributed by atoms with Gasteiger partial charge in [0.15, 0.2) is 5.65 Å². The molecule has 2 saturated heterocycles. The van der Waals surface area contributed by atoms with Crippen molar-refractivity contribution in [1.82, 2.24) is 24.5 Å². The molecule has 1 N–H and O–H groups in total. The van der Waals surface area contributed by atoms with Gasteiger partial charge in [0.1, 0.15) is 37.2 Å². The van der Waals surface area contributed by atoms with Crippen LogP contribution in [-0.4, -0.2) is 103 Å². The van der Waals surface area contributed by atoms with Crippen LogP contribution in [0.1, 0.15) is 63.8 Å². The molecule has 2 bridgehead atoms. The van der Waals surface area contributed by atoms with E-state index in [-0.39, 0.29) is 30.7 Å². The minimum Gasteiger partial charge on any atom is -0.444 e. The molecule has 51 heavy (non-hydrogen) atoms. The second kappa shape index (κ2) is 16.2. The van der Waals surface area contributed by atoms with E-state index in [2.05, 4.69) is 67.1 Å². The standard InChI is InChI=1S/C38H58N6O5Si2/c1-38(2,3)49-37(46)43-31-14-15-32(43)22-29(21-31)34-23-35(42(26-47-17-19-50(4,5)6)27-48-18-20-51(7,8)9)44-36(41-34)33(25-40-44)28-12-13-30(39-24-28)11-10-16-45/h12-13,23-25,29,31-32,45H,14-22,26-27H2,1-9H3/t29-,31+,32-. The van der Waals surface area contributed by atoms with Gasteiger partial charge in [-0.1, -0.05) is 45.2 Å². The second-order valence-electron chi connectivity index (χ2n) is 17.4. The lowest BCUT2D eigenvalue weighted by Crippen LogP contribution is -2.48. The molecule has 278 valence electrons. The zero-order chi connectivity index (χ0) is 37.0. The fourth-order valence-electron chi connectivity index (χ4n) is 6.67. The number of carbonyl (C=O) groups excluding carboxylic acids is 1. The molecular weight excluding hydrogens is 677 g/mol. The summed E-state index contributed by atoms with van der Waals surface area (Å²) in [5.74, 6) is 6.55. The molecule has 0 spiro atoms. The van der Waals surface area contributed by atoms with Gasteiger partial charge in [-0.15, -0.1) is 0 Å². The normalized spacial score (nSPS) is 19.3. The van der Waals surface area contributed by atoms with Crippen molar-refractivity contribution in [3.05, 3.63) is 42.0 Å². The summed E-state index contributed by atoms with van der Waals surface area (Å²) < 4.78 is 20.4. The maximum absolute atomic E-state index is 13.3. The third-order valence-electron chi connectivity index (χ3n) is 9.41. The number of amides is 1. The van der Waals surface area contributed by atoms with Crippen LogP contribution in [0.3, 0.4) is 0 Å². The highest BCUT2D eigenvalue weighted by atomic mass is 28.3. The quantitative estimate of drug-likeness (QED) is 0.0842. The van der Waals surface area contributed by atoms with Crippen LogP contribution in [0.25, 0.3) is 16.8 Å². The molecule has 0 aliphatic carbocycles. The second-order valence-corrected chi connectivity index (χ2v) is 28.6. The summed E-state index contributed by atoms with van der Waals surface area (Å²) in [6.45, 7) is 21.8. The zero-order valence-electron chi connectivity index (χ0n) is 32.2. The largest absolute Gasteiger partial charge is 0.444 e. The SMILES string of the molecule is CC(C)(C)OC(=O)N1[C@@H]2CC[C@H]1C[C@@H](c1cc(N(COCC[Si](C)(C)C)COCC[Si](C)(C)C)n3ncc(-c4ccc(C#CCO)nc4)c3n1)C2. The van der Waals surface area contributed by atoms with Crippen molar-refractivity contribution < 1.29 is 24.1 Å². The Hall–Kier alpha value is -3.29. The number of hydrogen-bond donors (Lipinski definition) is 1. The summed E-state index contributed by atoms with van der Waals surface area (Å²) in [5.41, 5.74) is 3.49. The Morgan fingerprint density at radius 2 is 1.61 bits per heavy atom. The molecule has 0 saturated carbocycles. The van der Waals surface area contributed by atoms with Crippen molar-refractivity contribution >= 4 is 33.7 Å². The molecule has 0 radical (unpaired) electrons. The fraction of sp³-hybridized carbons (Fsp3) is 0.632. The maximum atomic E-state index is 13.3. The van der Waals surface area contributed by atoms with E-state index in [1.807, 2.05) is 48.5 Å². The molecule has 0 aromatic carbocycles. The molecule has 5 heterocycles. The molecule has 2 fully saturated rings. The summed E-state index contributed by atoms with van der Waals surface area (Å²) >= 11 is 0. The first kappa shape index (κ1) is 38.9. The van der Waals surface area contributed by atoms with Crippen LogP contribution in [0.2, 0.25) is 51.4 Å². The van der Waals surface area contributed by atoms with Gasteiger partial charge >= 0.3 is 6.09 Å². The number of aliphatic hydroxyl groups is 1. The number of fused-ring (bicyclic) bond motifs is 3. The molecule has 0 unspecified atom stereocenters. The van der Waals surface area contributed by atoms with Gasteiger partial charge in [-0.2, -0.15) is 9.61 Å². The first-order chi connectivity index (χ1) is 24.0. The Kier molecular flexibility index (Phi) is 12.3. The summed E-state index contributed by atoms with van der Waals surface area (Å²) in [7, 11) is -2.56. The summed E-state index contributed by atoms with van der Waals surface area (Å²) in [4.78, 5) is 27.2. The average Bonchev–Trinajstić information content (AvgIpc) is 3.59. The topological polar surface area (TPSA) is 115 Å². The number of anilines is 1. The highest BCUT2D eigenvalue weighted by molar-refractivity contribution is 6.76. The number of ether oxygens (including phenoxy) is 3. The minimum atomic E-state index is -1.28. The highest BCUT2D eigenvalue weighted by Crippen LogP contribution is 2.44. The number of carbonyl (C=O) groups is 1. The maximum Gasteiger partial charge on any atom is 0.410 e. The van der Waals surface area contributed by atoms with E-state index in [1.165, 1.54) is 0 Å². The van der Waals surface area contributed by atoms with Crippen LogP contribution in [0.5, 0.6) is 0 Å². The van der Waals surface area contributed by atoms with Gasteiger partial charge in [-0.25, -0.2) is 14.8 Å². The average molecular weight is 735 g/mol. The van der Waals surface area contributed by atoms with Crippen LogP contribution < -0.4 is 4.90 Å². The molecule has 3 aromatic heterocycles. The van der Waals surface area contributed by atoms with Crippen LogP contribution in [0.4, 0.5) is 10.6 Å². The van der Waals surface area contributed by atoms with Gasteiger partial charge in [0, 0.05) is 76.4 Å². The van der Waals surface area contributed by atoms with Gasteiger partial charge < -0.3 is 29.1 Å². The Morgan fingerprint density at radius 1 is 0.980 bits per heavy atom. The molecule has 11 nitrogen and oxygen atoms in total. The lowest BCUT2D eigenvalue weighted by Gasteiger charge is -2.39. The number of pyridine rings is 1. The van der Waals surface area contributed by atoms with Crippen molar-refractivity contribution in [2.75, 3.05) is 38.2 Å². The van der Waals surface area contributed by atoms with Crippen molar-refractivity contribution in [3.8, 4) is 23.0 Å². The summed E-state index contributed by atoms with van der Waals surface area (Å²) in [6.07, 6.45) is 6.98. The van der Waals surface area contributed by atoms with Crippen LogP contribution in [-0.2, 0) is 14.2 Å². The van der Waals surface area contributed by atoms with Crippen molar-refractivity contribution in [3.63, 3.8) is 0 Å². The number of aromatic nitrogens is 4. The Morgan fingerprint density at radius 3 is 2.14 bits per heavy atom. The van der Waals surface area contributed by atoms with Crippen LogP contribution >= 0.6 is 0 Å². The highest BCUT2D eigenvalue weighted by Gasteiger charge is 2.45. The van der Waals surface area contributed by atoms with Gasteiger partial charge in [0.05, 0.1) is 6.20 Å². The number of hydrogen-bond acceptors (Lipinski definition) is 9. The first-order valence-corrected chi connectivity index (χ1v) is 25.8.